The van der Waals surface area contributed by atoms with Crippen molar-refractivity contribution in [3.8, 4) is 0 Å². The van der Waals surface area contributed by atoms with E-state index in [9.17, 15) is 13.2 Å². The van der Waals surface area contributed by atoms with Crippen LogP contribution in [0.1, 0.15) is 24.5 Å². The Bertz CT molecular complexity index is 320. The van der Waals surface area contributed by atoms with Crippen molar-refractivity contribution in [2.45, 2.75) is 25.9 Å². The van der Waals surface area contributed by atoms with Crippen LogP contribution in [0.15, 0.2) is 12.4 Å². The van der Waals surface area contributed by atoms with E-state index >= 15 is 0 Å². The lowest BCUT2D eigenvalue weighted by molar-refractivity contribution is -0.137. The minimum absolute atomic E-state index is 0.200. The maximum atomic E-state index is 12.3. The molecule has 78 valence electrons. The third-order valence-corrected chi connectivity index (χ3v) is 1.89. The number of rotatable bonds is 2. The Hall–Kier alpha value is -1.26. The van der Waals surface area contributed by atoms with Crippen molar-refractivity contribution < 1.29 is 13.2 Å². The minimum Gasteiger partial charge on any atom is -0.398 e. The van der Waals surface area contributed by atoms with Crippen LogP contribution in [-0.2, 0) is 12.6 Å². The molecule has 0 fully saturated rings. The predicted octanol–water partition coefficient (Wildman–Crippen LogP) is 2.64. The van der Waals surface area contributed by atoms with Crippen molar-refractivity contribution in [1.29, 1.82) is 0 Å². The Balaban J connectivity index is 3.14. The average molecular weight is 204 g/mol. The van der Waals surface area contributed by atoms with Crippen LogP contribution in [-0.4, -0.2) is 4.98 Å². The van der Waals surface area contributed by atoms with Crippen molar-refractivity contribution in [2.75, 3.05) is 5.73 Å². The largest absolute Gasteiger partial charge is 0.419 e. The van der Waals surface area contributed by atoms with E-state index < -0.39 is 11.7 Å². The molecule has 2 N–H and O–H groups in total. The molecule has 1 aromatic rings. The van der Waals surface area contributed by atoms with Crippen LogP contribution in [0.25, 0.3) is 0 Å². The van der Waals surface area contributed by atoms with Crippen LogP contribution < -0.4 is 5.73 Å². The van der Waals surface area contributed by atoms with E-state index in [0.29, 0.717) is 12.0 Å². The molecule has 1 aromatic heterocycles. The summed E-state index contributed by atoms with van der Waals surface area (Å²) in [6.07, 6.45) is -1.01. The number of pyridine rings is 1. The van der Waals surface area contributed by atoms with E-state index in [0.717, 1.165) is 12.6 Å². The summed E-state index contributed by atoms with van der Waals surface area (Å²) >= 11 is 0. The highest BCUT2D eigenvalue weighted by Gasteiger charge is 2.33. The maximum absolute atomic E-state index is 12.3. The fourth-order valence-corrected chi connectivity index (χ4v) is 1.21. The molecule has 0 atom stereocenters. The first-order valence-electron chi connectivity index (χ1n) is 4.26. The van der Waals surface area contributed by atoms with Gasteiger partial charge in [0.05, 0.1) is 11.3 Å². The summed E-state index contributed by atoms with van der Waals surface area (Å²) in [5.74, 6) is 0. The molecular formula is C9H11F3N2. The normalized spacial score (nSPS) is 11.7. The van der Waals surface area contributed by atoms with Gasteiger partial charge in [0.1, 0.15) is 0 Å². The Morgan fingerprint density at radius 1 is 1.36 bits per heavy atom. The van der Waals surface area contributed by atoms with Gasteiger partial charge in [0.25, 0.3) is 0 Å². The monoisotopic (exact) mass is 204 g/mol. The molecule has 14 heavy (non-hydrogen) atoms. The lowest BCUT2D eigenvalue weighted by Gasteiger charge is -2.11. The minimum atomic E-state index is -4.42. The molecule has 0 bridgehead atoms. The van der Waals surface area contributed by atoms with Crippen molar-refractivity contribution in [3.63, 3.8) is 0 Å². The maximum Gasteiger partial charge on any atom is 0.419 e. The average Bonchev–Trinajstić information content (AvgIpc) is 2.07. The molecule has 0 aromatic carbocycles. The van der Waals surface area contributed by atoms with E-state index in [-0.39, 0.29) is 5.69 Å². The SMILES string of the molecule is CCCc1cncc(C(F)(F)F)c1N. The summed E-state index contributed by atoms with van der Waals surface area (Å²) in [4.78, 5) is 3.53. The number of alkyl halides is 3. The molecule has 0 amide bonds. The van der Waals surface area contributed by atoms with Gasteiger partial charge >= 0.3 is 6.18 Å². The van der Waals surface area contributed by atoms with Crippen molar-refractivity contribution in [2.24, 2.45) is 0 Å². The third kappa shape index (κ3) is 2.16. The number of hydrogen-bond acceptors (Lipinski definition) is 2. The summed E-state index contributed by atoms with van der Waals surface area (Å²) in [5.41, 5.74) is 4.81. The first-order chi connectivity index (χ1) is 6.46. The van der Waals surface area contributed by atoms with Crippen molar-refractivity contribution in [1.82, 2.24) is 4.98 Å². The van der Waals surface area contributed by atoms with Crippen LogP contribution in [0.3, 0.4) is 0 Å². The highest BCUT2D eigenvalue weighted by molar-refractivity contribution is 5.53. The zero-order valence-corrected chi connectivity index (χ0v) is 7.73. The van der Waals surface area contributed by atoms with Gasteiger partial charge in [-0.25, -0.2) is 0 Å². The van der Waals surface area contributed by atoms with Gasteiger partial charge in [0.15, 0.2) is 0 Å². The number of aryl methyl sites for hydroxylation is 1. The van der Waals surface area contributed by atoms with Gasteiger partial charge < -0.3 is 5.73 Å². The molecule has 0 saturated carbocycles. The Labute approximate surface area is 79.9 Å². The van der Waals surface area contributed by atoms with Crippen LogP contribution in [0.5, 0.6) is 0 Å². The zero-order valence-electron chi connectivity index (χ0n) is 7.73. The molecule has 0 unspecified atom stereocenters. The molecule has 2 nitrogen and oxygen atoms in total. The first-order valence-corrected chi connectivity index (χ1v) is 4.26. The van der Waals surface area contributed by atoms with Crippen LogP contribution in [0.2, 0.25) is 0 Å². The second-order valence-electron chi connectivity index (χ2n) is 3.01. The molecule has 0 radical (unpaired) electrons. The molecule has 0 spiro atoms. The second kappa shape index (κ2) is 3.86. The highest BCUT2D eigenvalue weighted by atomic mass is 19.4. The van der Waals surface area contributed by atoms with Crippen LogP contribution in [0.4, 0.5) is 18.9 Å². The number of anilines is 1. The van der Waals surface area contributed by atoms with Gasteiger partial charge in [-0.05, 0) is 12.0 Å². The summed E-state index contributed by atoms with van der Waals surface area (Å²) in [5, 5.41) is 0. The number of aromatic nitrogens is 1. The lowest BCUT2D eigenvalue weighted by Crippen LogP contribution is -2.11. The molecule has 5 heteroatoms. The van der Waals surface area contributed by atoms with Crippen molar-refractivity contribution >= 4 is 5.69 Å². The van der Waals surface area contributed by atoms with E-state index in [1.165, 1.54) is 6.20 Å². The van der Waals surface area contributed by atoms with E-state index in [1.807, 2.05) is 6.92 Å². The topological polar surface area (TPSA) is 38.9 Å². The molecule has 0 aliphatic heterocycles. The van der Waals surface area contributed by atoms with E-state index in [1.54, 1.807) is 0 Å². The molecule has 0 aliphatic carbocycles. The third-order valence-electron chi connectivity index (χ3n) is 1.89. The van der Waals surface area contributed by atoms with Crippen LogP contribution in [0, 0.1) is 0 Å². The van der Waals surface area contributed by atoms with E-state index in [4.69, 9.17) is 5.73 Å². The fraction of sp³-hybridized carbons (Fsp3) is 0.444. The first kappa shape index (κ1) is 10.8. The number of hydrogen-bond donors (Lipinski definition) is 1. The Kier molecular flexibility index (Phi) is 2.98. The van der Waals surface area contributed by atoms with Gasteiger partial charge in [-0.15, -0.1) is 0 Å². The lowest BCUT2D eigenvalue weighted by atomic mass is 10.1. The predicted molar refractivity (Wildman–Crippen MR) is 47.6 cm³/mol. The van der Waals surface area contributed by atoms with Gasteiger partial charge in [-0.1, -0.05) is 13.3 Å². The summed E-state index contributed by atoms with van der Waals surface area (Å²) in [6.45, 7) is 1.87. The van der Waals surface area contributed by atoms with Gasteiger partial charge in [0.2, 0.25) is 0 Å². The van der Waals surface area contributed by atoms with Crippen molar-refractivity contribution in [3.05, 3.63) is 23.5 Å². The van der Waals surface area contributed by atoms with Crippen LogP contribution >= 0.6 is 0 Å². The fourth-order valence-electron chi connectivity index (χ4n) is 1.21. The Morgan fingerprint density at radius 2 is 2.00 bits per heavy atom. The van der Waals surface area contributed by atoms with Gasteiger partial charge in [-0.3, -0.25) is 4.98 Å². The molecule has 0 aliphatic rings. The molecular weight excluding hydrogens is 193 g/mol. The highest BCUT2D eigenvalue weighted by Crippen LogP contribution is 2.34. The van der Waals surface area contributed by atoms with Gasteiger partial charge in [0, 0.05) is 12.4 Å². The summed E-state index contributed by atoms with van der Waals surface area (Å²) in [6, 6.07) is 0. The zero-order chi connectivity index (χ0) is 10.8. The number of nitrogens with zero attached hydrogens (tertiary/aromatic N) is 1. The standard InChI is InChI=1S/C9H11F3N2/c1-2-3-6-4-14-5-7(8(6)13)9(10,11)12/h4-5H,2-3H2,1H3,(H2,13,14). The molecule has 1 heterocycles. The number of nitrogens with two attached hydrogens (primary N) is 1. The smallest absolute Gasteiger partial charge is 0.398 e. The molecule has 1 rings (SSSR count). The molecule has 0 saturated heterocycles. The number of halogens is 3. The Morgan fingerprint density at radius 3 is 2.50 bits per heavy atom. The summed E-state index contributed by atoms with van der Waals surface area (Å²) in [7, 11) is 0. The van der Waals surface area contributed by atoms with Gasteiger partial charge in [-0.2, -0.15) is 13.2 Å². The second-order valence-corrected chi connectivity index (χ2v) is 3.01. The quantitative estimate of drug-likeness (QED) is 0.804. The summed E-state index contributed by atoms with van der Waals surface area (Å²) < 4.78 is 37.0. The van der Waals surface area contributed by atoms with E-state index in [2.05, 4.69) is 4.98 Å². The number of nitrogen functional groups attached to an aromatic ring is 1.